The van der Waals surface area contributed by atoms with Crippen molar-refractivity contribution in [2.45, 2.75) is 88.9 Å². The predicted molar refractivity (Wildman–Crippen MR) is 224 cm³/mol. The number of hydrogen-bond donors (Lipinski definition) is 4. The average Bonchev–Trinajstić information content (AvgIpc) is 3.69. The summed E-state index contributed by atoms with van der Waals surface area (Å²) < 4.78 is 45.8. The Labute approximate surface area is 339 Å². The van der Waals surface area contributed by atoms with Crippen molar-refractivity contribution in [2.24, 2.45) is 0 Å². The first-order valence-corrected chi connectivity index (χ1v) is 24.8. The number of hydrogen-bond acceptors (Lipinski definition) is 11. The van der Waals surface area contributed by atoms with Crippen LogP contribution < -0.4 is 26.0 Å². The first-order chi connectivity index (χ1) is 27.3. The smallest absolute Gasteiger partial charge is 0.484 e. The second-order valence-corrected chi connectivity index (χ2v) is 26.5. The normalized spacial score (nSPS) is 20.6. The second-order valence-electron chi connectivity index (χ2n) is 16.8. The zero-order chi connectivity index (χ0) is 42.1. The second kappa shape index (κ2) is 16.7. The van der Waals surface area contributed by atoms with Crippen LogP contribution in [0.15, 0.2) is 102 Å². The Balaban J connectivity index is 1.43. The van der Waals surface area contributed by atoms with Gasteiger partial charge < -0.3 is 23.4 Å². The number of benzene rings is 3. The zero-order valence-electron chi connectivity index (χ0n) is 33.8. The highest BCUT2D eigenvalue weighted by atomic mass is 31.1. The first-order valence-electron chi connectivity index (χ1n) is 18.9. The number of rotatable bonds is 14. The lowest BCUT2D eigenvalue weighted by Crippen LogP contribution is -2.67. The van der Waals surface area contributed by atoms with Gasteiger partial charge in [-0.25, -0.2) is 4.98 Å². The van der Waals surface area contributed by atoms with E-state index in [0.29, 0.717) is 5.75 Å². The van der Waals surface area contributed by atoms with E-state index in [1.165, 1.54) is 10.9 Å². The van der Waals surface area contributed by atoms with E-state index in [4.69, 9.17) is 22.8 Å². The highest BCUT2D eigenvalue weighted by molar-refractivity contribution is 7.32. The van der Waals surface area contributed by atoms with E-state index in [1.807, 2.05) is 101 Å². The first kappa shape index (κ1) is 43.2. The minimum Gasteiger partial charge on any atom is -0.484 e. The fourth-order valence-corrected chi connectivity index (χ4v) is 13.3. The largest absolute Gasteiger partial charge is 0.698 e. The van der Waals surface area contributed by atoms with Gasteiger partial charge in [-0.1, -0.05) is 125 Å². The fourth-order valence-electron chi connectivity index (χ4n) is 6.97. The standard InChI is InChI=1S/C40H50N5O10PSi2/c1-38(2,3)57(7,8)54-33-30(24-52-58(39(4,5)6,28-20-14-10-15-21-28)29-22-16-11-17-23-29)53-36(40(33,48)55-56(49)50)45-26-41-32-34(45)43-37(44-35(32)47)42-31(46)25-51-27-18-12-9-13-19-27/h9-23,26,30,33,36,48H,24-25H2,1-8H3,(H2-,42,43,44,46,47,49,50)/p+1/t30-,33-,36-,40-/m1/s1. The molecule has 18 heteroatoms. The number of nitrogens with one attached hydrogen (secondary N) is 2. The maximum atomic E-state index is 13.3. The molecule has 0 saturated carbocycles. The lowest BCUT2D eigenvalue weighted by atomic mass is 10.1. The molecule has 6 rings (SSSR count). The molecule has 0 spiro atoms. The highest BCUT2D eigenvalue weighted by Gasteiger charge is 2.66. The van der Waals surface area contributed by atoms with E-state index in [2.05, 4.69) is 41.0 Å². The van der Waals surface area contributed by atoms with E-state index in [-0.39, 0.29) is 35.4 Å². The van der Waals surface area contributed by atoms with Crippen molar-refractivity contribution >= 4 is 58.3 Å². The van der Waals surface area contributed by atoms with Crippen LogP contribution in [-0.4, -0.2) is 83.3 Å². The number of para-hydroxylation sites is 1. The molecule has 4 N–H and O–H groups in total. The molecule has 58 heavy (non-hydrogen) atoms. The summed E-state index contributed by atoms with van der Waals surface area (Å²) in [7, 11) is -9.48. The number of anilines is 1. The molecular formula is C40H51N5O10PSi2+. The van der Waals surface area contributed by atoms with Crippen molar-refractivity contribution in [3.8, 4) is 5.75 Å². The van der Waals surface area contributed by atoms with Crippen LogP contribution >= 0.6 is 8.25 Å². The molecule has 1 aliphatic rings. The number of fused-ring (bicyclic) bond motifs is 1. The maximum absolute atomic E-state index is 13.3. The van der Waals surface area contributed by atoms with Crippen LogP contribution in [0.3, 0.4) is 0 Å². The molecule has 308 valence electrons. The molecule has 15 nitrogen and oxygen atoms in total. The Morgan fingerprint density at radius 3 is 2.05 bits per heavy atom. The van der Waals surface area contributed by atoms with E-state index < -0.39 is 65.6 Å². The monoisotopic (exact) mass is 848 g/mol. The van der Waals surface area contributed by atoms with Gasteiger partial charge in [0.05, 0.1) is 12.9 Å². The number of imidazole rings is 1. The molecule has 1 amide bonds. The number of carbonyl (C=O) groups excluding carboxylic acids is 1. The molecule has 1 saturated heterocycles. The average molecular weight is 849 g/mol. The third-order valence-corrected chi connectivity index (χ3v) is 20.7. The van der Waals surface area contributed by atoms with Crippen LogP contribution in [0.5, 0.6) is 5.75 Å². The van der Waals surface area contributed by atoms with Gasteiger partial charge in [0.2, 0.25) is 5.95 Å². The van der Waals surface area contributed by atoms with Gasteiger partial charge in [-0.2, -0.15) is 4.98 Å². The molecule has 0 radical (unpaired) electrons. The Morgan fingerprint density at radius 2 is 1.52 bits per heavy atom. The van der Waals surface area contributed by atoms with Crippen LogP contribution in [0.25, 0.3) is 11.2 Å². The number of H-pyrrole nitrogens is 1. The summed E-state index contributed by atoms with van der Waals surface area (Å²) in [5.41, 5.74) is -0.992. The molecule has 1 fully saturated rings. The summed E-state index contributed by atoms with van der Waals surface area (Å²) >= 11 is 0. The Bertz CT molecular complexity index is 2240. The minimum absolute atomic E-state index is 0.122. The topological polar surface area (TPSA) is 196 Å². The zero-order valence-corrected chi connectivity index (χ0v) is 36.7. The SMILES string of the molecule is CC(C)(C)[Si](C)(C)O[C@@H]1[C@@H](CO[Si](c2ccccc2)(c2ccccc2)C(C)(C)C)O[C@@H](n2cnc3c(=O)[nH]c(NC(=O)COc4ccccc4)nc32)[C@]1(O)O[P+](=O)O. The fraction of sp³-hybridized carbons (Fsp3) is 0.400. The minimum atomic E-state index is -3.46. The molecule has 1 aliphatic heterocycles. The summed E-state index contributed by atoms with van der Waals surface area (Å²) in [6, 6.07) is 28.7. The number of ether oxygens (including phenoxy) is 2. The Morgan fingerprint density at radius 1 is 0.948 bits per heavy atom. The third-order valence-electron chi connectivity index (χ3n) is 10.8. The number of amides is 1. The van der Waals surface area contributed by atoms with Gasteiger partial charge >= 0.3 is 8.25 Å². The van der Waals surface area contributed by atoms with Gasteiger partial charge in [-0.15, -0.1) is 4.89 Å². The van der Waals surface area contributed by atoms with Gasteiger partial charge in [-0.3, -0.25) is 24.5 Å². The van der Waals surface area contributed by atoms with Gasteiger partial charge in [0.1, 0.15) is 18.0 Å². The van der Waals surface area contributed by atoms with Crippen LogP contribution in [0, 0.1) is 0 Å². The maximum Gasteiger partial charge on any atom is 0.698 e. The number of aromatic amines is 1. The number of aromatic nitrogens is 4. The van der Waals surface area contributed by atoms with Crippen LogP contribution in [0.2, 0.25) is 23.2 Å². The Kier molecular flexibility index (Phi) is 12.4. The molecule has 0 aliphatic carbocycles. The number of nitrogens with zero attached hydrogens (tertiary/aromatic N) is 3. The Hall–Kier alpha value is -4.43. The van der Waals surface area contributed by atoms with Gasteiger partial charge in [-0.05, 0) is 45.7 Å². The van der Waals surface area contributed by atoms with Crippen molar-refractivity contribution in [1.82, 2.24) is 19.5 Å². The lowest BCUT2D eigenvalue weighted by molar-refractivity contribution is -0.226. The van der Waals surface area contributed by atoms with Gasteiger partial charge in [0, 0.05) is 4.57 Å². The predicted octanol–water partition coefficient (Wildman–Crippen LogP) is 5.36. The van der Waals surface area contributed by atoms with Crippen LogP contribution in [0.4, 0.5) is 5.95 Å². The summed E-state index contributed by atoms with van der Waals surface area (Å²) in [6.45, 7) is 15.9. The van der Waals surface area contributed by atoms with E-state index in [9.17, 15) is 24.2 Å². The number of aliphatic hydroxyl groups is 1. The van der Waals surface area contributed by atoms with Crippen molar-refractivity contribution < 1.29 is 42.2 Å². The highest BCUT2D eigenvalue weighted by Crippen LogP contribution is 2.50. The van der Waals surface area contributed by atoms with Crippen molar-refractivity contribution in [3.63, 3.8) is 0 Å². The summed E-state index contributed by atoms with van der Waals surface area (Å²) in [5, 5.41) is 16.4. The third kappa shape index (κ3) is 8.64. The van der Waals surface area contributed by atoms with Gasteiger partial charge in [0.25, 0.3) is 25.6 Å². The van der Waals surface area contributed by atoms with Crippen LogP contribution in [0.1, 0.15) is 47.8 Å². The molecule has 5 aromatic rings. The van der Waals surface area contributed by atoms with Crippen molar-refractivity contribution in [1.29, 1.82) is 0 Å². The van der Waals surface area contributed by atoms with Crippen LogP contribution in [-0.2, 0) is 27.5 Å². The lowest BCUT2D eigenvalue weighted by Gasteiger charge is -2.44. The quantitative estimate of drug-likeness (QED) is 0.0636. The molecule has 3 heterocycles. The van der Waals surface area contributed by atoms with E-state index >= 15 is 0 Å². The van der Waals surface area contributed by atoms with Crippen molar-refractivity contribution in [2.75, 3.05) is 18.5 Å². The molecule has 5 atom stereocenters. The van der Waals surface area contributed by atoms with Crippen molar-refractivity contribution in [3.05, 3.63) is 108 Å². The molecule has 3 aromatic carbocycles. The molecule has 0 bridgehead atoms. The molecule has 1 unspecified atom stereocenters. The summed E-state index contributed by atoms with van der Waals surface area (Å²) in [6.07, 6.45) is -2.94. The van der Waals surface area contributed by atoms with E-state index in [0.717, 1.165) is 10.4 Å². The number of carbonyl (C=O) groups is 1. The summed E-state index contributed by atoms with van der Waals surface area (Å²) in [5.74, 6) is -3.04. The van der Waals surface area contributed by atoms with E-state index in [1.54, 1.807) is 24.3 Å². The molecular weight excluding hydrogens is 798 g/mol. The summed E-state index contributed by atoms with van der Waals surface area (Å²) in [4.78, 5) is 47.7. The van der Waals surface area contributed by atoms with Gasteiger partial charge in [0.15, 0.2) is 32.3 Å². The molecule has 2 aromatic heterocycles.